The van der Waals surface area contributed by atoms with Crippen LogP contribution in [0.2, 0.25) is 0 Å². The smallest absolute Gasteiger partial charge is 0.311 e. The Kier molecular flexibility index (Phi) is 3.65. The molecule has 0 spiro atoms. The molecule has 1 heterocycles. The van der Waals surface area contributed by atoms with Crippen LogP contribution in [0.5, 0.6) is 0 Å². The summed E-state index contributed by atoms with van der Waals surface area (Å²) in [6.45, 7) is 0.229. The van der Waals surface area contributed by atoms with Gasteiger partial charge in [0.1, 0.15) is 5.82 Å². The lowest BCUT2D eigenvalue weighted by molar-refractivity contribution is -0.145. The number of rotatable bonds is 2. The van der Waals surface area contributed by atoms with Gasteiger partial charge in [0.2, 0.25) is 5.91 Å². The van der Waals surface area contributed by atoms with Crippen molar-refractivity contribution in [3.05, 3.63) is 28.5 Å². The van der Waals surface area contributed by atoms with Crippen molar-refractivity contribution in [1.29, 1.82) is 0 Å². The zero-order valence-electron chi connectivity index (χ0n) is 9.65. The minimum absolute atomic E-state index is 0.102. The number of ether oxygens (including phenoxy) is 1. The molecule has 4 nitrogen and oxygen atoms in total. The quantitative estimate of drug-likeness (QED) is 0.785. The van der Waals surface area contributed by atoms with Crippen LogP contribution in [0.1, 0.15) is 6.42 Å². The first-order valence-electron chi connectivity index (χ1n) is 5.36. The first kappa shape index (κ1) is 13.0. The minimum Gasteiger partial charge on any atom is -0.469 e. The lowest BCUT2D eigenvalue weighted by Gasteiger charge is -2.16. The molecule has 0 saturated carbocycles. The van der Waals surface area contributed by atoms with Crippen molar-refractivity contribution in [1.82, 2.24) is 0 Å². The molecule has 1 saturated heterocycles. The Hall–Kier alpha value is -1.43. The lowest BCUT2D eigenvalue weighted by Crippen LogP contribution is -2.26. The van der Waals surface area contributed by atoms with E-state index in [1.165, 1.54) is 24.1 Å². The maximum absolute atomic E-state index is 13.4. The maximum atomic E-state index is 13.4. The van der Waals surface area contributed by atoms with Crippen LogP contribution in [0.3, 0.4) is 0 Å². The molecule has 0 bridgehead atoms. The molecule has 1 amide bonds. The maximum Gasteiger partial charge on any atom is 0.311 e. The van der Waals surface area contributed by atoms with E-state index in [1.54, 1.807) is 6.07 Å². The molecular formula is C12H11BrFNO3. The molecule has 1 aliphatic heterocycles. The van der Waals surface area contributed by atoms with Crippen molar-refractivity contribution in [2.24, 2.45) is 5.92 Å². The Labute approximate surface area is 112 Å². The summed E-state index contributed by atoms with van der Waals surface area (Å²) in [5.74, 6) is -1.54. The Morgan fingerprint density at radius 3 is 2.89 bits per heavy atom. The summed E-state index contributed by atoms with van der Waals surface area (Å²) < 4.78 is 18.4. The van der Waals surface area contributed by atoms with E-state index in [4.69, 9.17) is 0 Å². The predicted octanol–water partition coefficient (Wildman–Crippen LogP) is 2.11. The van der Waals surface area contributed by atoms with Crippen molar-refractivity contribution in [3.63, 3.8) is 0 Å². The van der Waals surface area contributed by atoms with Crippen molar-refractivity contribution in [2.45, 2.75) is 6.42 Å². The van der Waals surface area contributed by atoms with Crippen LogP contribution in [-0.2, 0) is 14.3 Å². The highest BCUT2D eigenvalue weighted by Crippen LogP contribution is 2.28. The topological polar surface area (TPSA) is 46.6 Å². The van der Waals surface area contributed by atoms with Crippen molar-refractivity contribution < 1.29 is 18.7 Å². The number of amides is 1. The second-order valence-electron chi connectivity index (χ2n) is 4.03. The van der Waals surface area contributed by atoms with Gasteiger partial charge in [0, 0.05) is 18.7 Å². The number of hydrogen-bond donors (Lipinski definition) is 0. The van der Waals surface area contributed by atoms with Gasteiger partial charge in [-0.05, 0) is 34.1 Å². The van der Waals surface area contributed by atoms with E-state index in [-0.39, 0.29) is 18.9 Å². The number of esters is 1. The first-order valence-corrected chi connectivity index (χ1v) is 6.15. The zero-order chi connectivity index (χ0) is 13.3. The summed E-state index contributed by atoms with van der Waals surface area (Å²) in [7, 11) is 1.29. The molecule has 18 heavy (non-hydrogen) atoms. The summed E-state index contributed by atoms with van der Waals surface area (Å²) in [4.78, 5) is 24.6. The van der Waals surface area contributed by atoms with Crippen molar-refractivity contribution in [2.75, 3.05) is 18.6 Å². The van der Waals surface area contributed by atoms with Gasteiger partial charge in [-0.1, -0.05) is 0 Å². The van der Waals surface area contributed by atoms with Gasteiger partial charge in [-0.25, -0.2) is 4.39 Å². The molecule has 2 rings (SSSR count). The second-order valence-corrected chi connectivity index (χ2v) is 4.88. The summed E-state index contributed by atoms with van der Waals surface area (Å²) in [6.07, 6.45) is 0.102. The molecule has 1 aromatic rings. The molecule has 96 valence electrons. The van der Waals surface area contributed by atoms with E-state index in [2.05, 4.69) is 20.7 Å². The third-order valence-electron chi connectivity index (χ3n) is 2.87. The van der Waals surface area contributed by atoms with Gasteiger partial charge in [-0.15, -0.1) is 0 Å². The SMILES string of the molecule is COC(=O)C1CC(=O)N(c2ccc(Br)c(F)c2)C1. The molecule has 1 aliphatic rings. The van der Waals surface area contributed by atoms with Crippen LogP contribution in [0, 0.1) is 11.7 Å². The molecule has 1 aromatic carbocycles. The summed E-state index contributed by atoms with van der Waals surface area (Å²) in [5, 5.41) is 0. The standard InChI is InChI=1S/C12H11BrFNO3/c1-18-12(17)7-4-11(16)15(6-7)8-2-3-9(13)10(14)5-8/h2-3,5,7H,4,6H2,1H3. The van der Waals surface area contributed by atoms with E-state index < -0.39 is 17.7 Å². The number of methoxy groups -OCH3 is 1. The Morgan fingerprint density at radius 2 is 2.28 bits per heavy atom. The molecule has 1 unspecified atom stereocenters. The van der Waals surface area contributed by atoms with Crippen molar-refractivity contribution in [3.8, 4) is 0 Å². The highest BCUT2D eigenvalue weighted by molar-refractivity contribution is 9.10. The number of carbonyl (C=O) groups excluding carboxylic acids is 2. The van der Waals surface area contributed by atoms with Crippen LogP contribution >= 0.6 is 15.9 Å². The molecule has 0 N–H and O–H groups in total. The van der Waals surface area contributed by atoms with E-state index >= 15 is 0 Å². The van der Waals surface area contributed by atoms with E-state index in [1.807, 2.05) is 0 Å². The number of halogens is 2. The Balaban J connectivity index is 2.21. The van der Waals surface area contributed by atoms with Crippen LogP contribution in [-0.4, -0.2) is 25.5 Å². The number of carbonyl (C=O) groups is 2. The second kappa shape index (κ2) is 5.06. The monoisotopic (exact) mass is 315 g/mol. The van der Waals surface area contributed by atoms with Gasteiger partial charge < -0.3 is 9.64 Å². The summed E-state index contributed by atoms with van der Waals surface area (Å²) in [5.41, 5.74) is 0.451. The van der Waals surface area contributed by atoms with Gasteiger partial charge >= 0.3 is 5.97 Å². The Bertz CT molecular complexity index is 506. The van der Waals surface area contributed by atoms with Crippen LogP contribution in [0.25, 0.3) is 0 Å². The molecular weight excluding hydrogens is 305 g/mol. The number of anilines is 1. The molecule has 0 radical (unpaired) electrons. The fourth-order valence-corrected chi connectivity index (χ4v) is 2.18. The van der Waals surface area contributed by atoms with Gasteiger partial charge in [0.15, 0.2) is 0 Å². The fourth-order valence-electron chi connectivity index (χ4n) is 1.93. The Morgan fingerprint density at radius 1 is 1.56 bits per heavy atom. The zero-order valence-corrected chi connectivity index (χ0v) is 11.2. The molecule has 1 fully saturated rings. The average Bonchev–Trinajstić information content (AvgIpc) is 2.74. The minimum atomic E-state index is -0.478. The van der Waals surface area contributed by atoms with Crippen LogP contribution in [0.15, 0.2) is 22.7 Å². The van der Waals surface area contributed by atoms with E-state index in [9.17, 15) is 14.0 Å². The van der Waals surface area contributed by atoms with E-state index in [0.29, 0.717) is 10.2 Å². The molecule has 0 aliphatic carbocycles. The van der Waals surface area contributed by atoms with Crippen molar-refractivity contribution >= 4 is 33.5 Å². The third-order valence-corrected chi connectivity index (χ3v) is 3.52. The summed E-state index contributed by atoms with van der Waals surface area (Å²) in [6, 6.07) is 4.43. The van der Waals surface area contributed by atoms with E-state index in [0.717, 1.165) is 0 Å². The highest BCUT2D eigenvalue weighted by atomic mass is 79.9. The molecule has 0 aromatic heterocycles. The summed E-state index contributed by atoms with van der Waals surface area (Å²) >= 11 is 3.05. The number of hydrogen-bond acceptors (Lipinski definition) is 3. The first-order chi connectivity index (χ1) is 8.52. The number of nitrogens with zero attached hydrogens (tertiary/aromatic N) is 1. The normalized spacial score (nSPS) is 19.2. The number of benzene rings is 1. The lowest BCUT2D eigenvalue weighted by atomic mass is 10.1. The fraction of sp³-hybridized carbons (Fsp3) is 0.333. The van der Waals surface area contributed by atoms with Gasteiger partial charge in [0.05, 0.1) is 17.5 Å². The van der Waals surface area contributed by atoms with Gasteiger partial charge in [-0.2, -0.15) is 0 Å². The third kappa shape index (κ3) is 2.38. The molecule has 6 heteroatoms. The van der Waals surface area contributed by atoms with Gasteiger partial charge in [-0.3, -0.25) is 9.59 Å². The molecule has 1 atom stereocenters. The van der Waals surface area contributed by atoms with Gasteiger partial charge in [0.25, 0.3) is 0 Å². The average molecular weight is 316 g/mol. The van der Waals surface area contributed by atoms with Crippen LogP contribution in [0.4, 0.5) is 10.1 Å². The van der Waals surface area contributed by atoms with Crippen LogP contribution < -0.4 is 4.90 Å². The predicted molar refractivity (Wildman–Crippen MR) is 66.6 cm³/mol. The highest BCUT2D eigenvalue weighted by Gasteiger charge is 2.35. The largest absolute Gasteiger partial charge is 0.469 e.